The van der Waals surface area contributed by atoms with Crippen molar-refractivity contribution >= 4 is 11.8 Å². The average molecular weight is 469 g/mol. The molecule has 34 heavy (non-hydrogen) atoms. The van der Waals surface area contributed by atoms with Crippen LogP contribution in [0, 0.1) is 17.5 Å². The van der Waals surface area contributed by atoms with E-state index in [1.807, 2.05) is 24.3 Å². The van der Waals surface area contributed by atoms with Gasteiger partial charge in [-0.05, 0) is 17.5 Å². The van der Waals surface area contributed by atoms with Gasteiger partial charge in [-0.2, -0.15) is 0 Å². The van der Waals surface area contributed by atoms with E-state index in [1.54, 1.807) is 4.90 Å². The van der Waals surface area contributed by atoms with E-state index in [0.29, 0.717) is 25.1 Å². The van der Waals surface area contributed by atoms with Crippen LogP contribution in [0.3, 0.4) is 0 Å². The van der Waals surface area contributed by atoms with Crippen molar-refractivity contribution < 1.29 is 27.9 Å². The number of hydrogen-bond acceptors (Lipinski definition) is 4. The molecule has 3 aromatic rings. The van der Waals surface area contributed by atoms with Gasteiger partial charge in [-0.25, -0.2) is 13.2 Å². The summed E-state index contributed by atoms with van der Waals surface area (Å²) in [4.78, 5) is 40.1. The number of carbonyl (C=O) groups excluding carboxylic acids is 2. The Morgan fingerprint density at radius 1 is 1.12 bits per heavy atom. The van der Waals surface area contributed by atoms with Crippen molar-refractivity contribution in [3.63, 3.8) is 0 Å². The van der Waals surface area contributed by atoms with Gasteiger partial charge in [0.25, 0.3) is 11.8 Å². The molecule has 0 spiro atoms. The van der Waals surface area contributed by atoms with Gasteiger partial charge >= 0.3 is 0 Å². The molecule has 1 aromatic heterocycles. The van der Waals surface area contributed by atoms with E-state index in [9.17, 15) is 32.7 Å². The lowest BCUT2D eigenvalue weighted by molar-refractivity contribution is 0.0686. The van der Waals surface area contributed by atoms with Gasteiger partial charge in [-0.1, -0.05) is 24.3 Å². The number of pyridine rings is 1. The molecule has 2 amide bonds. The zero-order valence-corrected chi connectivity index (χ0v) is 17.6. The Balaban J connectivity index is 1.55. The van der Waals surface area contributed by atoms with E-state index in [0.717, 1.165) is 11.1 Å². The van der Waals surface area contributed by atoms with Gasteiger partial charge in [-0.15, -0.1) is 0 Å². The van der Waals surface area contributed by atoms with Gasteiger partial charge in [-0.3, -0.25) is 14.4 Å². The van der Waals surface area contributed by atoms with Crippen LogP contribution in [0.4, 0.5) is 13.2 Å². The summed E-state index contributed by atoms with van der Waals surface area (Å²) in [7, 11) is 0. The van der Waals surface area contributed by atoms with Crippen molar-refractivity contribution in [2.24, 2.45) is 0 Å². The van der Waals surface area contributed by atoms with Crippen LogP contribution in [0.1, 0.15) is 43.6 Å². The molecule has 0 fully saturated rings. The highest BCUT2D eigenvalue weighted by atomic mass is 19.1. The molecule has 5 rings (SSSR count). The largest absolute Gasteiger partial charge is 0.503 e. The topological polar surface area (TPSA) is 91.6 Å². The Bertz CT molecular complexity index is 1400. The quantitative estimate of drug-likeness (QED) is 0.617. The minimum Gasteiger partial charge on any atom is -0.503 e. The summed E-state index contributed by atoms with van der Waals surface area (Å²) in [6.07, 6.45) is 1.78. The predicted octanol–water partition coefficient (Wildman–Crippen LogP) is 2.50. The third-order valence-corrected chi connectivity index (χ3v) is 6.27. The van der Waals surface area contributed by atoms with Crippen LogP contribution in [-0.2, 0) is 13.0 Å². The summed E-state index contributed by atoms with van der Waals surface area (Å²) in [5.74, 6) is -5.89. The molecule has 0 aliphatic carbocycles. The van der Waals surface area contributed by atoms with Crippen LogP contribution < -0.4 is 10.7 Å². The molecule has 2 N–H and O–H groups in total. The fourth-order valence-electron chi connectivity index (χ4n) is 4.56. The Morgan fingerprint density at radius 3 is 2.56 bits per heavy atom. The maximum absolute atomic E-state index is 13.9. The van der Waals surface area contributed by atoms with Crippen LogP contribution in [0.25, 0.3) is 0 Å². The molecule has 0 radical (unpaired) electrons. The number of nitrogens with one attached hydrogen (secondary N) is 1. The van der Waals surface area contributed by atoms with E-state index in [1.165, 1.54) is 10.8 Å². The number of amides is 2. The summed E-state index contributed by atoms with van der Waals surface area (Å²) in [6, 6.07) is 8.04. The maximum Gasteiger partial charge on any atom is 0.274 e. The highest BCUT2D eigenvalue weighted by Gasteiger charge is 2.38. The molecule has 10 heteroatoms. The summed E-state index contributed by atoms with van der Waals surface area (Å²) >= 11 is 0. The van der Waals surface area contributed by atoms with Crippen molar-refractivity contribution in [2.75, 3.05) is 13.1 Å². The molecule has 2 aliphatic heterocycles. The normalized spacial score (nSPS) is 16.5. The fourth-order valence-corrected chi connectivity index (χ4v) is 4.56. The Morgan fingerprint density at radius 2 is 1.82 bits per heavy atom. The maximum atomic E-state index is 13.9. The Hall–Kier alpha value is -4.08. The average Bonchev–Trinajstić information content (AvgIpc) is 2.97. The highest BCUT2D eigenvalue weighted by Crippen LogP contribution is 2.34. The molecule has 174 valence electrons. The number of nitrogens with zero attached hydrogens (tertiary/aromatic N) is 2. The number of rotatable bonds is 3. The first-order chi connectivity index (χ1) is 16.3. The van der Waals surface area contributed by atoms with Gasteiger partial charge < -0.3 is 19.9 Å². The van der Waals surface area contributed by atoms with Crippen molar-refractivity contribution in [1.29, 1.82) is 0 Å². The third kappa shape index (κ3) is 3.42. The third-order valence-electron chi connectivity index (χ3n) is 6.27. The van der Waals surface area contributed by atoms with Gasteiger partial charge in [0.15, 0.2) is 11.4 Å². The van der Waals surface area contributed by atoms with Gasteiger partial charge in [0, 0.05) is 43.5 Å². The van der Waals surface area contributed by atoms with Crippen molar-refractivity contribution in [2.45, 2.75) is 19.0 Å². The zero-order chi connectivity index (χ0) is 24.1. The highest BCUT2D eigenvalue weighted by molar-refractivity contribution is 5.99. The van der Waals surface area contributed by atoms with Crippen LogP contribution in [-0.4, -0.2) is 39.5 Å². The second-order valence-corrected chi connectivity index (χ2v) is 8.22. The summed E-state index contributed by atoms with van der Waals surface area (Å²) in [5, 5.41) is 12.8. The molecule has 2 aromatic carbocycles. The molecule has 0 saturated heterocycles. The number of aromatic hydroxyl groups is 1. The van der Waals surface area contributed by atoms with Crippen molar-refractivity contribution in [3.8, 4) is 5.75 Å². The monoisotopic (exact) mass is 469 g/mol. The van der Waals surface area contributed by atoms with Gasteiger partial charge in [0.1, 0.15) is 23.0 Å². The molecule has 7 nitrogen and oxygen atoms in total. The first-order valence-corrected chi connectivity index (χ1v) is 10.5. The van der Waals surface area contributed by atoms with E-state index in [-0.39, 0.29) is 12.2 Å². The lowest BCUT2D eigenvalue weighted by atomic mass is 9.97. The fraction of sp³-hybridized carbons (Fsp3) is 0.208. The van der Waals surface area contributed by atoms with Gasteiger partial charge in [0.2, 0.25) is 5.43 Å². The van der Waals surface area contributed by atoms with Crippen LogP contribution in [0.2, 0.25) is 0 Å². The molecular formula is C24H18F3N3O4. The molecule has 1 unspecified atom stereocenters. The van der Waals surface area contributed by atoms with E-state index in [4.69, 9.17) is 0 Å². The number of halogens is 3. The molecule has 2 aliphatic rings. The number of aromatic nitrogens is 1. The smallest absolute Gasteiger partial charge is 0.274 e. The van der Waals surface area contributed by atoms with Crippen molar-refractivity contribution in [1.82, 2.24) is 14.8 Å². The van der Waals surface area contributed by atoms with Crippen molar-refractivity contribution in [3.05, 3.63) is 98.2 Å². The molecule has 3 heterocycles. The van der Waals surface area contributed by atoms with Gasteiger partial charge in [0.05, 0.1) is 6.04 Å². The second-order valence-electron chi connectivity index (χ2n) is 8.22. The second kappa shape index (κ2) is 8.05. The lowest BCUT2D eigenvalue weighted by Gasteiger charge is -2.35. The molecular weight excluding hydrogens is 451 g/mol. The van der Waals surface area contributed by atoms with Crippen LogP contribution >= 0.6 is 0 Å². The van der Waals surface area contributed by atoms with Crippen LogP contribution in [0.5, 0.6) is 5.75 Å². The minimum absolute atomic E-state index is 0.217. The molecule has 2 bridgehead atoms. The predicted molar refractivity (Wildman–Crippen MR) is 114 cm³/mol. The van der Waals surface area contributed by atoms with Crippen LogP contribution in [0.15, 0.2) is 47.4 Å². The standard InChI is InChI=1S/C24H18F3N3O4/c25-13-7-17(26)15(18(27)8-13)9-28-23(33)16-10-30-19-11-29(24(34)20(30)22(32)21(16)31)6-5-12-3-1-2-4-14(12)19/h1-4,7-8,10,19,32H,5-6,9,11H2,(H,28,33). The summed E-state index contributed by atoms with van der Waals surface area (Å²) < 4.78 is 42.4. The Labute approximate surface area is 191 Å². The summed E-state index contributed by atoms with van der Waals surface area (Å²) in [6.45, 7) is 0.0485. The summed E-state index contributed by atoms with van der Waals surface area (Å²) in [5.41, 5.74) is -0.478. The number of fused-ring (bicyclic) bond motifs is 6. The zero-order valence-electron chi connectivity index (χ0n) is 17.6. The number of carbonyl (C=O) groups is 2. The van der Waals surface area contributed by atoms with E-state index >= 15 is 0 Å². The number of hydrogen-bond donors (Lipinski definition) is 2. The first kappa shape index (κ1) is 21.7. The van der Waals surface area contributed by atoms with E-state index < -0.39 is 64.2 Å². The minimum atomic E-state index is -1.19. The van der Waals surface area contributed by atoms with E-state index in [2.05, 4.69) is 5.32 Å². The molecule has 0 saturated carbocycles. The first-order valence-electron chi connectivity index (χ1n) is 10.5. The molecule has 1 atom stereocenters. The SMILES string of the molecule is O=C(NCc1c(F)cc(F)cc1F)c1cn2c(c(O)c1=O)C(=O)N1CCc3ccccc3C2C1. The Kier molecular flexibility index (Phi) is 5.15. The number of benzene rings is 2. The lowest BCUT2D eigenvalue weighted by Crippen LogP contribution is -2.45.